The van der Waals surface area contributed by atoms with E-state index in [0.29, 0.717) is 16.1 Å². The van der Waals surface area contributed by atoms with E-state index in [4.69, 9.17) is 11.6 Å². The fraction of sp³-hybridized carbons (Fsp3) is 0.263. The fourth-order valence-electron chi connectivity index (χ4n) is 2.33. The lowest BCUT2D eigenvalue weighted by Gasteiger charge is -2.22. The predicted molar refractivity (Wildman–Crippen MR) is 95.8 cm³/mol. The lowest BCUT2D eigenvalue weighted by molar-refractivity contribution is -0.124. The van der Waals surface area contributed by atoms with Gasteiger partial charge in [0.2, 0.25) is 5.91 Å². The van der Waals surface area contributed by atoms with E-state index in [1.165, 1.54) is 6.07 Å². The van der Waals surface area contributed by atoms with Crippen LogP contribution in [-0.2, 0) is 11.3 Å². The molecule has 25 heavy (non-hydrogen) atoms. The highest BCUT2D eigenvalue weighted by atomic mass is 35.5. The van der Waals surface area contributed by atoms with Gasteiger partial charge < -0.3 is 10.6 Å². The van der Waals surface area contributed by atoms with Crippen molar-refractivity contribution in [2.75, 3.05) is 0 Å². The largest absolute Gasteiger partial charge is 0.350 e. The number of rotatable bonds is 6. The quantitative estimate of drug-likeness (QED) is 0.825. The second-order valence-corrected chi connectivity index (χ2v) is 6.39. The molecule has 2 aromatic rings. The molecule has 0 saturated carbocycles. The van der Waals surface area contributed by atoms with E-state index in [1.807, 2.05) is 13.8 Å². The zero-order valence-corrected chi connectivity index (χ0v) is 14.8. The maximum atomic E-state index is 13.6. The van der Waals surface area contributed by atoms with E-state index in [9.17, 15) is 14.0 Å². The summed E-state index contributed by atoms with van der Waals surface area (Å²) in [7, 11) is 0. The third-order valence-electron chi connectivity index (χ3n) is 3.77. The molecule has 0 aromatic heterocycles. The van der Waals surface area contributed by atoms with Crippen LogP contribution in [0.4, 0.5) is 4.39 Å². The molecule has 0 radical (unpaired) electrons. The van der Waals surface area contributed by atoms with Crippen molar-refractivity contribution in [2.24, 2.45) is 5.92 Å². The third kappa shape index (κ3) is 5.03. The summed E-state index contributed by atoms with van der Waals surface area (Å²) in [6.07, 6.45) is 0. The number of hydrogen-bond donors (Lipinski definition) is 2. The van der Waals surface area contributed by atoms with Gasteiger partial charge in [-0.25, -0.2) is 4.39 Å². The van der Waals surface area contributed by atoms with E-state index in [-0.39, 0.29) is 24.2 Å². The third-order valence-corrected chi connectivity index (χ3v) is 4.09. The Kier molecular flexibility index (Phi) is 6.53. The molecule has 132 valence electrons. The summed E-state index contributed by atoms with van der Waals surface area (Å²) >= 11 is 6.02. The number of carbonyl (C=O) groups excluding carboxylic acids is 2. The number of hydrogen-bond acceptors (Lipinski definition) is 2. The van der Waals surface area contributed by atoms with Crippen molar-refractivity contribution < 1.29 is 14.0 Å². The Labute approximate surface area is 151 Å². The maximum absolute atomic E-state index is 13.6. The van der Waals surface area contributed by atoms with E-state index in [2.05, 4.69) is 10.6 Å². The van der Waals surface area contributed by atoms with Crippen LogP contribution >= 0.6 is 11.6 Å². The standard InChI is InChI=1S/C19H20ClFN2O2/c1-12(2)17(23-18(24)14-8-4-5-9-15(14)20)19(25)22-11-13-7-3-6-10-16(13)21/h3-10,12,17H,11H2,1-2H3,(H,22,25)(H,23,24). The number of nitrogens with one attached hydrogen (secondary N) is 2. The van der Waals surface area contributed by atoms with Crippen molar-refractivity contribution in [3.8, 4) is 0 Å². The Hall–Kier alpha value is -2.40. The van der Waals surface area contributed by atoms with Gasteiger partial charge in [0.15, 0.2) is 0 Å². The minimum absolute atomic E-state index is 0.0523. The van der Waals surface area contributed by atoms with E-state index in [0.717, 1.165) is 0 Å². The van der Waals surface area contributed by atoms with Crippen LogP contribution in [0.2, 0.25) is 5.02 Å². The molecule has 6 heteroatoms. The summed E-state index contributed by atoms with van der Waals surface area (Å²) in [6, 6.07) is 12.1. The molecule has 0 aliphatic rings. The van der Waals surface area contributed by atoms with Crippen LogP contribution in [0.3, 0.4) is 0 Å². The van der Waals surface area contributed by atoms with Gasteiger partial charge in [0, 0.05) is 12.1 Å². The lowest BCUT2D eigenvalue weighted by atomic mass is 10.0. The monoisotopic (exact) mass is 362 g/mol. The molecule has 0 aliphatic carbocycles. The van der Waals surface area contributed by atoms with E-state index in [1.54, 1.807) is 42.5 Å². The Balaban J connectivity index is 2.04. The maximum Gasteiger partial charge on any atom is 0.253 e. The molecular weight excluding hydrogens is 343 g/mol. The van der Waals surface area contributed by atoms with Crippen LogP contribution in [0.15, 0.2) is 48.5 Å². The van der Waals surface area contributed by atoms with Gasteiger partial charge in [0.1, 0.15) is 11.9 Å². The second-order valence-electron chi connectivity index (χ2n) is 5.98. The molecule has 1 atom stereocenters. The normalized spacial score (nSPS) is 11.9. The molecule has 2 amide bonds. The van der Waals surface area contributed by atoms with Gasteiger partial charge in [-0.2, -0.15) is 0 Å². The molecule has 0 heterocycles. The molecule has 0 bridgehead atoms. The van der Waals surface area contributed by atoms with Crippen molar-refractivity contribution in [3.05, 3.63) is 70.5 Å². The zero-order chi connectivity index (χ0) is 18.4. The molecular formula is C19H20ClFN2O2. The summed E-state index contributed by atoms with van der Waals surface area (Å²) in [5, 5.41) is 5.68. The summed E-state index contributed by atoms with van der Waals surface area (Å²) in [5.41, 5.74) is 0.688. The topological polar surface area (TPSA) is 58.2 Å². The van der Waals surface area contributed by atoms with Crippen LogP contribution in [0, 0.1) is 11.7 Å². The number of carbonyl (C=O) groups is 2. The predicted octanol–water partition coefficient (Wildman–Crippen LogP) is 3.55. The van der Waals surface area contributed by atoms with Crippen molar-refractivity contribution in [3.63, 3.8) is 0 Å². The zero-order valence-electron chi connectivity index (χ0n) is 14.1. The van der Waals surface area contributed by atoms with Crippen molar-refractivity contribution in [1.82, 2.24) is 10.6 Å². The van der Waals surface area contributed by atoms with E-state index < -0.39 is 11.9 Å². The van der Waals surface area contributed by atoms with Crippen LogP contribution in [0.5, 0.6) is 0 Å². The van der Waals surface area contributed by atoms with E-state index >= 15 is 0 Å². The summed E-state index contributed by atoms with van der Waals surface area (Å²) < 4.78 is 13.6. The van der Waals surface area contributed by atoms with Crippen LogP contribution in [-0.4, -0.2) is 17.9 Å². The molecule has 2 rings (SSSR count). The molecule has 0 fully saturated rings. The first kappa shape index (κ1) is 18.9. The first-order valence-corrected chi connectivity index (χ1v) is 8.34. The summed E-state index contributed by atoms with van der Waals surface area (Å²) in [6.45, 7) is 3.69. The van der Waals surface area contributed by atoms with Crippen molar-refractivity contribution >= 4 is 23.4 Å². The highest BCUT2D eigenvalue weighted by Gasteiger charge is 2.25. The Morgan fingerprint density at radius 2 is 1.72 bits per heavy atom. The van der Waals surface area contributed by atoms with Crippen LogP contribution in [0.1, 0.15) is 29.8 Å². The van der Waals surface area contributed by atoms with Gasteiger partial charge in [0.25, 0.3) is 5.91 Å². The second kappa shape index (κ2) is 8.62. The molecule has 1 unspecified atom stereocenters. The SMILES string of the molecule is CC(C)C(NC(=O)c1ccccc1Cl)C(=O)NCc1ccccc1F. The Bertz CT molecular complexity index is 765. The number of benzene rings is 2. The van der Waals surface area contributed by atoms with Gasteiger partial charge in [0.05, 0.1) is 10.6 Å². The lowest BCUT2D eigenvalue weighted by Crippen LogP contribution is -2.49. The minimum atomic E-state index is -0.754. The van der Waals surface area contributed by atoms with Gasteiger partial charge in [-0.1, -0.05) is 55.8 Å². The van der Waals surface area contributed by atoms with Crippen LogP contribution < -0.4 is 10.6 Å². The highest BCUT2D eigenvalue weighted by molar-refractivity contribution is 6.33. The van der Waals surface area contributed by atoms with Crippen molar-refractivity contribution in [1.29, 1.82) is 0 Å². The molecule has 2 aromatic carbocycles. The Morgan fingerprint density at radius 3 is 2.36 bits per heavy atom. The average molecular weight is 363 g/mol. The summed E-state index contributed by atoms with van der Waals surface area (Å²) in [5.74, 6) is -1.33. The number of amides is 2. The van der Waals surface area contributed by atoms with Gasteiger partial charge in [-0.05, 0) is 24.1 Å². The van der Waals surface area contributed by atoms with Crippen molar-refractivity contribution in [2.45, 2.75) is 26.4 Å². The molecule has 2 N–H and O–H groups in total. The molecule has 0 saturated heterocycles. The van der Waals surface area contributed by atoms with Gasteiger partial charge in [-0.15, -0.1) is 0 Å². The average Bonchev–Trinajstić information content (AvgIpc) is 2.58. The smallest absolute Gasteiger partial charge is 0.253 e. The number of halogens is 2. The molecule has 0 spiro atoms. The Morgan fingerprint density at radius 1 is 1.08 bits per heavy atom. The fourth-order valence-corrected chi connectivity index (χ4v) is 2.55. The van der Waals surface area contributed by atoms with Gasteiger partial charge >= 0.3 is 0 Å². The van der Waals surface area contributed by atoms with Crippen LogP contribution in [0.25, 0.3) is 0 Å². The minimum Gasteiger partial charge on any atom is -0.350 e. The molecule has 4 nitrogen and oxygen atoms in total. The highest BCUT2D eigenvalue weighted by Crippen LogP contribution is 2.15. The first-order valence-electron chi connectivity index (χ1n) is 7.96. The summed E-state index contributed by atoms with van der Waals surface area (Å²) in [4.78, 5) is 24.8. The first-order chi connectivity index (χ1) is 11.9. The molecule has 0 aliphatic heterocycles. The van der Waals surface area contributed by atoms with Gasteiger partial charge in [-0.3, -0.25) is 9.59 Å².